The number of anilines is 2. The summed E-state index contributed by atoms with van der Waals surface area (Å²) >= 11 is 11.4. The van der Waals surface area contributed by atoms with Gasteiger partial charge >= 0.3 is 0 Å². The van der Waals surface area contributed by atoms with E-state index in [0.29, 0.717) is 11.4 Å². The van der Waals surface area contributed by atoms with E-state index in [4.69, 9.17) is 28.5 Å². The van der Waals surface area contributed by atoms with Crippen molar-refractivity contribution in [1.29, 1.82) is 5.26 Å². The van der Waals surface area contributed by atoms with Gasteiger partial charge in [0.15, 0.2) is 5.82 Å². The van der Waals surface area contributed by atoms with Crippen LogP contribution in [0.4, 0.5) is 15.8 Å². The molecular formula is C12H6Cl2FN3. The summed E-state index contributed by atoms with van der Waals surface area (Å²) in [4.78, 5) is 3.84. The fourth-order valence-electron chi connectivity index (χ4n) is 1.36. The van der Waals surface area contributed by atoms with Gasteiger partial charge in [0.05, 0.1) is 10.0 Å². The summed E-state index contributed by atoms with van der Waals surface area (Å²) < 4.78 is 13.2. The second-order valence-electron chi connectivity index (χ2n) is 3.42. The zero-order chi connectivity index (χ0) is 13.1. The molecule has 1 N–H and O–H groups in total. The van der Waals surface area contributed by atoms with Crippen LogP contribution in [0, 0.1) is 17.1 Å². The van der Waals surface area contributed by atoms with Crippen LogP contribution in [-0.4, -0.2) is 4.98 Å². The molecule has 1 aromatic carbocycles. The molecule has 0 fully saturated rings. The van der Waals surface area contributed by atoms with Gasteiger partial charge in [-0.2, -0.15) is 5.26 Å². The van der Waals surface area contributed by atoms with Crippen molar-refractivity contribution in [2.75, 3.05) is 5.32 Å². The Labute approximate surface area is 113 Å². The average molecular weight is 282 g/mol. The quantitative estimate of drug-likeness (QED) is 0.842. The maximum atomic E-state index is 13.2. The molecule has 0 aliphatic carbocycles. The highest BCUT2D eigenvalue weighted by Gasteiger charge is 2.07. The van der Waals surface area contributed by atoms with E-state index in [-0.39, 0.29) is 15.7 Å². The molecule has 0 aliphatic rings. The molecule has 0 spiro atoms. The summed E-state index contributed by atoms with van der Waals surface area (Å²) in [5, 5.41) is 11.5. The maximum Gasteiger partial charge on any atom is 0.160 e. The van der Waals surface area contributed by atoms with Crippen LogP contribution in [0.1, 0.15) is 5.69 Å². The Morgan fingerprint density at radius 3 is 2.44 bits per heavy atom. The van der Waals surface area contributed by atoms with Gasteiger partial charge in [0.1, 0.15) is 11.8 Å². The Bertz CT molecular complexity index is 614. The van der Waals surface area contributed by atoms with E-state index in [0.717, 1.165) is 0 Å². The molecule has 0 atom stereocenters. The molecule has 0 aliphatic heterocycles. The lowest BCUT2D eigenvalue weighted by atomic mass is 10.2. The molecule has 0 saturated carbocycles. The minimum absolute atomic E-state index is 0.0698. The van der Waals surface area contributed by atoms with Crippen LogP contribution in [0.3, 0.4) is 0 Å². The standard InChI is InChI=1S/C12H6Cl2FN3/c13-10-4-8(5-11(14)12(10)15)18-7-1-2-17-9(3-7)6-16/h1-5H,(H,17,18). The van der Waals surface area contributed by atoms with Gasteiger partial charge in [-0.25, -0.2) is 9.37 Å². The van der Waals surface area contributed by atoms with Gasteiger partial charge in [-0.05, 0) is 24.3 Å². The summed E-state index contributed by atoms with van der Waals surface area (Å²) in [5.41, 5.74) is 1.45. The van der Waals surface area contributed by atoms with Crippen molar-refractivity contribution >= 4 is 34.6 Å². The number of hydrogen-bond acceptors (Lipinski definition) is 3. The summed E-state index contributed by atoms with van der Waals surface area (Å²) in [7, 11) is 0. The first-order chi connectivity index (χ1) is 8.60. The third-order valence-corrected chi connectivity index (χ3v) is 2.70. The van der Waals surface area contributed by atoms with Crippen molar-refractivity contribution < 1.29 is 4.39 Å². The lowest BCUT2D eigenvalue weighted by molar-refractivity contribution is 0.629. The van der Waals surface area contributed by atoms with Gasteiger partial charge in [0, 0.05) is 17.6 Å². The summed E-state index contributed by atoms with van der Waals surface area (Å²) in [6.07, 6.45) is 1.49. The van der Waals surface area contributed by atoms with Crippen LogP contribution in [-0.2, 0) is 0 Å². The highest BCUT2D eigenvalue weighted by atomic mass is 35.5. The molecule has 0 bridgehead atoms. The number of nitrogens with one attached hydrogen (secondary N) is 1. The Balaban J connectivity index is 2.32. The molecule has 2 rings (SSSR count). The molecule has 3 nitrogen and oxygen atoms in total. The lowest BCUT2D eigenvalue weighted by Gasteiger charge is -2.08. The van der Waals surface area contributed by atoms with Crippen LogP contribution in [0.15, 0.2) is 30.5 Å². The molecule has 90 valence electrons. The first kappa shape index (κ1) is 12.6. The van der Waals surface area contributed by atoms with E-state index >= 15 is 0 Å². The summed E-state index contributed by atoms with van der Waals surface area (Å²) in [5.74, 6) is -0.656. The van der Waals surface area contributed by atoms with Crippen LogP contribution < -0.4 is 5.32 Å². The largest absolute Gasteiger partial charge is 0.355 e. The van der Waals surface area contributed by atoms with Crippen molar-refractivity contribution in [2.24, 2.45) is 0 Å². The second-order valence-corrected chi connectivity index (χ2v) is 4.23. The highest BCUT2D eigenvalue weighted by Crippen LogP contribution is 2.29. The molecule has 1 aromatic heterocycles. The molecule has 6 heteroatoms. The fraction of sp³-hybridized carbons (Fsp3) is 0. The Morgan fingerprint density at radius 1 is 1.17 bits per heavy atom. The third-order valence-electron chi connectivity index (χ3n) is 2.15. The lowest BCUT2D eigenvalue weighted by Crippen LogP contribution is -1.93. The summed E-state index contributed by atoms with van der Waals surface area (Å²) in [6, 6.07) is 7.98. The molecule has 0 radical (unpaired) electrons. The Kier molecular flexibility index (Phi) is 3.66. The number of benzene rings is 1. The smallest absolute Gasteiger partial charge is 0.160 e. The normalized spacial score (nSPS) is 9.89. The topological polar surface area (TPSA) is 48.7 Å². The minimum Gasteiger partial charge on any atom is -0.355 e. The fourth-order valence-corrected chi connectivity index (χ4v) is 1.85. The van der Waals surface area contributed by atoms with E-state index < -0.39 is 5.82 Å². The van der Waals surface area contributed by atoms with Gasteiger partial charge in [0.25, 0.3) is 0 Å². The zero-order valence-electron chi connectivity index (χ0n) is 8.92. The zero-order valence-corrected chi connectivity index (χ0v) is 10.4. The third kappa shape index (κ3) is 2.70. The van der Waals surface area contributed by atoms with E-state index in [9.17, 15) is 4.39 Å². The minimum atomic E-state index is -0.656. The van der Waals surface area contributed by atoms with E-state index in [2.05, 4.69) is 10.3 Å². The van der Waals surface area contributed by atoms with Crippen molar-refractivity contribution in [1.82, 2.24) is 4.98 Å². The molecule has 18 heavy (non-hydrogen) atoms. The van der Waals surface area contributed by atoms with Crippen LogP contribution in [0.2, 0.25) is 10.0 Å². The van der Waals surface area contributed by atoms with Crippen molar-refractivity contribution in [3.8, 4) is 6.07 Å². The highest BCUT2D eigenvalue weighted by molar-refractivity contribution is 6.35. The molecule has 2 aromatic rings. The van der Waals surface area contributed by atoms with Crippen LogP contribution in [0.5, 0.6) is 0 Å². The van der Waals surface area contributed by atoms with Gasteiger partial charge in [0.2, 0.25) is 0 Å². The predicted molar refractivity (Wildman–Crippen MR) is 68.7 cm³/mol. The van der Waals surface area contributed by atoms with Gasteiger partial charge in [-0.15, -0.1) is 0 Å². The number of halogens is 3. The van der Waals surface area contributed by atoms with Crippen molar-refractivity contribution in [3.05, 3.63) is 52.0 Å². The van der Waals surface area contributed by atoms with Crippen LogP contribution in [0.25, 0.3) is 0 Å². The SMILES string of the molecule is N#Cc1cc(Nc2cc(Cl)c(F)c(Cl)c2)ccn1. The predicted octanol–water partition coefficient (Wildman–Crippen LogP) is 4.14. The van der Waals surface area contributed by atoms with E-state index in [1.165, 1.54) is 18.3 Å². The van der Waals surface area contributed by atoms with Gasteiger partial charge in [-0.1, -0.05) is 23.2 Å². The van der Waals surface area contributed by atoms with Gasteiger partial charge < -0.3 is 5.32 Å². The molecular weight excluding hydrogens is 276 g/mol. The molecule has 0 saturated heterocycles. The maximum absolute atomic E-state index is 13.2. The number of nitriles is 1. The molecule has 0 unspecified atom stereocenters. The first-order valence-corrected chi connectivity index (χ1v) is 5.63. The second kappa shape index (κ2) is 5.21. The summed E-state index contributed by atoms with van der Waals surface area (Å²) in [6.45, 7) is 0. The molecule has 1 heterocycles. The first-order valence-electron chi connectivity index (χ1n) is 4.88. The number of pyridine rings is 1. The number of aromatic nitrogens is 1. The van der Waals surface area contributed by atoms with Crippen molar-refractivity contribution in [2.45, 2.75) is 0 Å². The number of hydrogen-bond donors (Lipinski definition) is 1. The van der Waals surface area contributed by atoms with Crippen LogP contribution >= 0.6 is 23.2 Å². The van der Waals surface area contributed by atoms with Gasteiger partial charge in [-0.3, -0.25) is 0 Å². The van der Waals surface area contributed by atoms with E-state index in [1.54, 1.807) is 12.1 Å². The number of nitrogens with zero attached hydrogens (tertiary/aromatic N) is 2. The van der Waals surface area contributed by atoms with Crippen molar-refractivity contribution in [3.63, 3.8) is 0 Å². The van der Waals surface area contributed by atoms with E-state index in [1.807, 2.05) is 6.07 Å². The Morgan fingerprint density at radius 2 is 1.83 bits per heavy atom. The average Bonchev–Trinajstić information content (AvgIpc) is 2.36. The molecule has 0 amide bonds. The Hall–Kier alpha value is -1.83. The monoisotopic (exact) mass is 281 g/mol. The number of rotatable bonds is 2.